The number of carboxylic acid groups (broad SMARTS) is 1. The molecule has 8 nitrogen and oxygen atoms in total. The Morgan fingerprint density at radius 2 is 2.14 bits per heavy atom. The Morgan fingerprint density at radius 3 is 2.76 bits per heavy atom. The topological polar surface area (TPSA) is 122 Å². The van der Waals surface area contributed by atoms with E-state index in [2.05, 4.69) is 5.32 Å². The molecular formula is C13H18N2O6. The van der Waals surface area contributed by atoms with Crippen LogP contribution in [0.3, 0.4) is 0 Å². The molecule has 1 aromatic carbocycles. The molecule has 8 heteroatoms. The van der Waals surface area contributed by atoms with Crippen LogP contribution < -0.4 is 5.32 Å². The molecular weight excluding hydrogens is 280 g/mol. The van der Waals surface area contributed by atoms with Crippen molar-refractivity contribution in [3.8, 4) is 0 Å². The first kappa shape index (κ1) is 17.0. The number of ether oxygens (including phenoxy) is 1. The van der Waals surface area contributed by atoms with E-state index in [0.717, 1.165) is 0 Å². The molecule has 0 heterocycles. The van der Waals surface area contributed by atoms with Gasteiger partial charge in [-0.25, -0.2) is 4.79 Å². The third-order valence-electron chi connectivity index (χ3n) is 2.73. The van der Waals surface area contributed by atoms with Crippen LogP contribution in [0.15, 0.2) is 18.2 Å². The molecule has 1 rings (SSSR count). The van der Waals surface area contributed by atoms with Crippen LogP contribution in [-0.2, 0) is 11.3 Å². The summed E-state index contributed by atoms with van der Waals surface area (Å²) in [6.45, 7) is 1.54. The van der Waals surface area contributed by atoms with Gasteiger partial charge in [-0.15, -0.1) is 0 Å². The lowest BCUT2D eigenvalue weighted by Gasteiger charge is -2.08. The van der Waals surface area contributed by atoms with Crippen LogP contribution in [0.1, 0.15) is 22.3 Å². The van der Waals surface area contributed by atoms with Crippen LogP contribution in [0.5, 0.6) is 0 Å². The average molecular weight is 298 g/mol. The maximum atomic E-state index is 11.2. The molecule has 0 aliphatic heterocycles. The Labute approximate surface area is 121 Å². The molecule has 0 saturated heterocycles. The minimum atomic E-state index is -1.31. The molecule has 0 spiro atoms. The number of aliphatic hydroxyl groups is 1. The highest BCUT2D eigenvalue weighted by atomic mass is 16.6. The fraction of sp³-hybridized carbons (Fsp3) is 0.462. The molecule has 0 aliphatic rings. The summed E-state index contributed by atoms with van der Waals surface area (Å²) in [4.78, 5) is 21.3. The molecule has 0 saturated carbocycles. The normalized spacial score (nSPS) is 10.5. The number of nitro benzene ring substituents is 1. The number of carboxylic acids is 1. The number of hydrogen-bond acceptors (Lipinski definition) is 6. The SMILES string of the molecule is O=C(O)c1c(CNCCCOCCO)cccc1[N+](=O)[O-]. The quantitative estimate of drug-likeness (QED) is 0.331. The molecule has 116 valence electrons. The summed E-state index contributed by atoms with van der Waals surface area (Å²) in [5.41, 5.74) is -0.326. The summed E-state index contributed by atoms with van der Waals surface area (Å²) in [6.07, 6.45) is 0.692. The number of nitrogens with one attached hydrogen (secondary N) is 1. The van der Waals surface area contributed by atoms with Gasteiger partial charge in [-0.05, 0) is 18.5 Å². The van der Waals surface area contributed by atoms with Crippen LogP contribution >= 0.6 is 0 Å². The molecule has 3 N–H and O–H groups in total. The predicted molar refractivity (Wildman–Crippen MR) is 74.3 cm³/mol. The Morgan fingerprint density at radius 1 is 1.38 bits per heavy atom. The van der Waals surface area contributed by atoms with Crippen molar-refractivity contribution in [2.45, 2.75) is 13.0 Å². The zero-order chi connectivity index (χ0) is 15.7. The van der Waals surface area contributed by atoms with E-state index in [4.69, 9.17) is 14.9 Å². The first-order valence-corrected chi connectivity index (χ1v) is 6.46. The van der Waals surface area contributed by atoms with E-state index in [1.165, 1.54) is 12.1 Å². The number of carbonyl (C=O) groups is 1. The van der Waals surface area contributed by atoms with Gasteiger partial charge in [-0.1, -0.05) is 12.1 Å². The summed E-state index contributed by atoms with van der Waals surface area (Å²) < 4.78 is 5.07. The minimum Gasteiger partial charge on any atom is -0.477 e. The largest absolute Gasteiger partial charge is 0.477 e. The van der Waals surface area contributed by atoms with Gasteiger partial charge in [0.25, 0.3) is 5.69 Å². The zero-order valence-corrected chi connectivity index (χ0v) is 11.4. The summed E-state index contributed by atoms with van der Waals surface area (Å²) in [6, 6.07) is 4.19. The maximum absolute atomic E-state index is 11.2. The third-order valence-corrected chi connectivity index (χ3v) is 2.73. The van der Waals surface area contributed by atoms with Gasteiger partial charge in [0.2, 0.25) is 0 Å². The lowest BCUT2D eigenvalue weighted by Crippen LogP contribution is -2.19. The number of rotatable bonds is 10. The zero-order valence-electron chi connectivity index (χ0n) is 11.4. The summed E-state index contributed by atoms with van der Waals surface area (Å²) in [5, 5.41) is 31.5. The second-order valence-electron chi connectivity index (χ2n) is 4.24. The molecule has 0 aliphatic carbocycles. The minimum absolute atomic E-state index is 0.0247. The Hall–Kier alpha value is -2.03. The fourth-order valence-electron chi connectivity index (χ4n) is 1.82. The monoisotopic (exact) mass is 298 g/mol. The van der Waals surface area contributed by atoms with Crippen molar-refractivity contribution in [2.75, 3.05) is 26.4 Å². The predicted octanol–water partition coefficient (Wildman–Crippen LogP) is 0.782. The highest BCUT2D eigenvalue weighted by Gasteiger charge is 2.22. The first-order valence-electron chi connectivity index (χ1n) is 6.46. The van der Waals surface area contributed by atoms with E-state index in [1.54, 1.807) is 6.07 Å². The van der Waals surface area contributed by atoms with Crippen LogP contribution in [0, 0.1) is 10.1 Å². The molecule has 0 aromatic heterocycles. The molecule has 21 heavy (non-hydrogen) atoms. The Kier molecular flexibility index (Phi) is 7.30. The second kappa shape index (κ2) is 9.01. The maximum Gasteiger partial charge on any atom is 0.343 e. The third kappa shape index (κ3) is 5.46. The lowest BCUT2D eigenvalue weighted by atomic mass is 10.1. The van der Waals surface area contributed by atoms with Gasteiger partial charge < -0.3 is 20.3 Å². The van der Waals surface area contributed by atoms with E-state index < -0.39 is 16.6 Å². The Balaban J connectivity index is 2.57. The molecule has 0 radical (unpaired) electrons. The second-order valence-corrected chi connectivity index (χ2v) is 4.24. The fourth-order valence-corrected chi connectivity index (χ4v) is 1.82. The smallest absolute Gasteiger partial charge is 0.343 e. The molecule has 0 atom stereocenters. The summed E-state index contributed by atoms with van der Waals surface area (Å²) in [5.74, 6) is -1.31. The van der Waals surface area contributed by atoms with Gasteiger partial charge in [0.15, 0.2) is 0 Å². The number of nitro groups is 1. The highest BCUT2D eigenvalue weighted by Crippen LogP contribution is 2.22. The van der Waals surface area contributed by atoms with Crippen LogP contribution in [0.4, 0.5) is 5.69 Å². The van der Waals surface area contributed by atoms with Crippen molar-refractivity contribution < 1.29 is 24.7 Å². The molecule has 0 amide bonds. The van der Waals surface area contributed by atoms with Gasteiger partial charge in [-0.2, -0.15) is 0 Å². The number of aliphatic hydroxyl groups excluding tert-OH is 1. The average Bonchev–Trinajstić information content (AvgIpc) is 2.45. The van der Waals surface area contributed by atoms with Crippen molar-refractivity contribution in [3.63, 3.8) is 0 Å². The van der Waals surface area contributed by atoms with Gasteiger partial charge in [0.1, 0.15) is 5.56 Å². The first-order chi connectivity index (χ1) is 10.1. The van der Waals surface area contributed by atoms with Crippen molar-refractivity contribution in [1.82, 2.24) is 5.32 Å². The van der Waals surface area contributed by atoms with Crippen LogP contribution in [-0.4, -0.2) is 47.5 Å². The van der Waals surface area contributed by atoms with Crippen molar-refractivity contribution in [1.29, 1.82) is 0 Å². The van der Waals surface area contributed by atoms with Crippen molar-refractivity contribution in [3.05, 3.63) is 39.4 Å². The van der Waals surface area contributed by atoms with Crippen molar-refractivity contribution in [2.24, 2.45) is 0 Å². The van der Waals surface area contributed by atoms with Crippen molar-refractivity contribution >= 4 is 11.7 Å². The summed E-state index contributed by atoms with van der Waals surface area (Å²) >= 11 is 0. The highest BCUT2D eigenvalue weighted by molar-refractivity contribution is 5.94. The van der Waals surface area contributed by atoms with Gasteiger partial charge in [-0.3, -0.25) is 10.1 Å². The van der Waals surface area contributed by atoms with E-state index >= 15 is 0 Å². The van der Waals surface area contributed by atoms with Crippen LogP contribution in [0.2, 0.25) is 0 Å². The molecule has 1 aromatic rings. The summed E-state index contributed by atoms with van der Waals surface area (Å²) in [7, 11) is 0. The lowest BCUT2D eigenvalue weighted by molar-refractivity contribution is -0.385. The number of aromatic carboxylic acids is 1. The standard InChI is InChI=1S/C13H18N2O6/c16-6-8-21-7-2-5-14-9-10-3-1-4-11(15(19)20)12(10)13(17)18/h1,3-4,14,16H,2,5-9H2,(H,17,18). The number of hydrogen-bond donors (Lipinski definition) is 3. The van der Waals surface area contributed by atoms with E-state index in [0.29, 0.717) is 25.1 Å². The van der Waals surface area contributed by atoms with Gasteiger partial charge in [0, 0.05) is 19.2 Å². The van der Waals surface area contributed by atoms with Gasteiger partial charge >= 0.3 is 5.97 Å². The van der Waals surface area contributed by atoms with E-state index in [-0.39, 0.29) is 25.3 Å². The van der Waals surface area contributed by atoms with E-state index in [1.807, 2.05) is 0 Å². The number of benzene rings is 1. The molecule has 0 unspecified atom stereocenters. The Bertz CT molecular complexity index is 492. The van der Waals surface area contributed by atoms with Gasteiger partial charge in [0.05, 0.1) is 18.1 Å². The van der Waals surface area contributed by atoms with E-state index in [9.17, 15) is 14.9 Å². The van der Waals surface area contributed by atoms with Crippen LogP contribution in [0.25, 0.3) is 0 Å². The molecule has 0 bridgehead atoms. The molecule has 0 fully saturated rings. The number of nitrogens with zero attached hydrogens (tertiary/aromatic N) is 1.